The Balaban J connectivity index is 1.62. The summed E-state index contributed by atoms with van der Waals surface area (Å²) in [6.07, 6.45) is 4.27. The molecule has 1 heterocycles. The van der Waals surface area contributed by atoms with E-state index in [0.29, 0.717) is 11.5 Å². The van der Waals surface area contributed by atoms with E-state index < -0.39 is 0 Å². The van der Waals surface area contributed by atoms with E-state index in [1.54, 1.807) is 0 Å². The SMILES string of the molecule is C[C@H]1CC(OCCN2CCOCC2)CCC1(C)C. The van der Waals surface area contributed by atoms with Crippen molar-refractivity contribution < 1.29 is 9.47 Å². The number of hydrogen-bond acceptors (Lipinski definition) is 3. The first-order chi connectivity index (χ1) is 8.58. The van der Waals surface area contributed by atoms with Crippen LogP contribution in [0.5, 0.6) is 0 Å². The number of morpholine rings is 1. The Kier molecular flexibility index (Phi) is 5.05. The van der Waals surface area contributed by atoms with E-state index in [1.807, 2.05) is 0 Å². The molecule has 0 bridgehead atoms. The normalized spacial score (nSPS) is 33.5. The number of nitrogens with zero attached hydrogens (tertiary/aromatic N) is 1. The van der Waals surface area contributed by atoms with Crippen molar-refractivity contribution >= 4 is 0 Å². The number of ether oxygens (including phenoxy) is 2. The first-order valence-electron chi connectivity index (χ1n) is 7.49. The van der Waals surface area contributed by atoms with Crippen molar-refractivity contribution in [1.29, 1.82) is 0 Å². The Morgan fingerprint density at radius 2 is 2.00 bits per heavy atom. The maximum atomic E-state index is 6.07. The van der Waals surface area contributed by atoms with Gasteiger partial charge in [-0.1, -0.05) is 20.8 Å². The summed E-state index contributed by atoms with van der Waals surface area (Å²) in [5.41, 5.74) is 0.504. The molecule has 3 nitrogen and oxygen atoms in total. The summed E-state index contributed by atoms with van der Waals surface area (Å²) in [6.45, 7) is 13.0. The highest BCUT2D eigenvalue weighted by Crippen LogP contribution is 2.40. The highest BCUT2D eigenvalue weighted by atomic mass is 16.5. The first-order valence-corrected chi connectivity index (χ1v) is 7.49. The molecule has 106 valence electrons. The smallest absolute Gasteiger partial charge is 0.0597 e. The molecule has 2 aliphatic rings. The molecule has 0 aromatic carbocycles. The van der Waals surface area contributed by atoms with Crippen molar-refractivity contribution in [3.05, 3.63) is 0 Å². The van der Waals surface area contributed by atoms with Gasteiger partial charge in [0.05, 0.1) is 25.9 Å². The van der Waals surface area contributed by atoms with Gasteiger partial charge in [-0.3, -0.25) is 4.90 Å². The summed E-state index contributed by atoms with van der Waals surface area (Å²) in [5, 5.41) is 0. The topological polar surface area (TPSA) is 21.7 Å². The molecule has 0 radical (unpaired) electrons. The summed E-state index contributed by atoms with van der Waals surface area (Å²) in [4.78, 5) is 2.44. The van der Waals surface area contributed by atoms with Gasteiger partial charge in [-0.05, 0) is 30.6 Å². The van der Waals surface area contributed by atoms with Crippen LogP contribution in [0.2, 0.25) is 0 Å². The zero-order valence-corrected chi connectivity index (χ0v) is 12.3. The zero-order chi connectivity index (χ0) is 13.0. The predicted molar refractivity (Wildman–Crippen MR) is 73.8 cm³/mol. The second-order valence-corrected chi connectivity index (χ2v) is 6.61. The zero-order valence-electron chi connectivity index (χ0n) is 12.3. The van der Waals surface area contributed by atoms with Gasteiger partial charge in [0.1, 0.15) is 0 Å². The van der Waals surface area contributed by atoms with Crippen LogP contribution in [0.25, 0.3) is 0 Å². The van der Waals surface area contributed by atoms with Crippen molar-refractivity contribution in [2.75, 3.05) is 39.5 Å². The number of hydrogen-bond donors (Lipinski definition) is 0. The fraction of sp³-hybridized carbons (Fsp3) is 1.00. The van der Waals surface area contributed by atoms with Crippen LogP contribution < -0.4 is 0 Å². The van der Waals surface area contributed by atoms with Gasteiger partial charge in [0.15, 0.2) is 0 Å². The monoisotopic (exact) mass is 255 g/mol. The first kappa shape index (κ1) is 14.3. The van der Waals surface area contributed by atoms with Crippen molar-refractivity contribution in [1.82, 2.24) is 4.90 Å². The molecule has 1 aliphatic heterocycles. The molecule has 1 aliphatic carbocycles. The Bertz CT molecular complexity index is 249. The summed E-state index contributed by atoms with van der Waals surface area (Å²) in [6, 6.07) is 0. The van der Waals surface area contributed by atoms with Gasteiger partial charge in [-0.25, -0.2) is 0 Å². The maximum Gasteiger partial charge on any atom is 0.0597 e. The fourth-order valence-electron chi connectivity index (χ4n) is 2.94. The van der Waals surface area contributed by atoms with Crippen LogP contribution in [0.4, 0.5) is 0 Å². The van der Waals surface area contributed by atoms with Gasteiger partial charge in [0.25, 0.3) is 0 Å². The van der Waals surface area contributed by atoms with E-state index >= 15 is 0 Å². The molecule has 1 saturated heterocycles. The second kappa shape index (κ2) is 6.36. The molecular weight excluding hydrogens is 226 g/mol. The Hall–Kier alpha value is -0.120. The summed E-state index contributed by atoms with van der Waals surface area (Å²) in [5.74, 6) is 0.777. The van der Waals surface area contributed by atoms with Crippen molar-refractivity contribution in [3.63, 3.8) is 0 Å². The van der Waals surface area contributed by atoms with Gasteiger partial charge in [0, 0.05) is 19.6 Å². The summed E-state index contributed by atoms with van der Waals surface area (Å²) >= 11 is 0. The second-order valence-electron chi connectivity index (χ2n) is 6.61. The van der Waals surface area contributed by atoms with Gasteiger partial charge < -0.3 is 9.47 Å². The quantitative estimate of drug-likeness (QED) is 0.770. The molecule has 0 amide bonds. The van der Waals surface area contributed by atoms with E-state index in [1.165, 1.54) is 19.3 Å². The van der Waals surface area contributed by atoms with Crippen molar-refractivity contribution in [3.8, 4) is 0 Å². The third-order valence-corrected chi connectivity index (χ3v) is 4.93. The molecule has 0 spiro atoms. The van der Waals surface area contributed by atoms with Crippen LogP contribution in [0, 0.1) is 11.3 Å². The van der Waals surface area contributed by atoms with Gasteiger partial charge in [-0.15, -0.1) is 0 Å². The lowest BCUT2D eigenvalue weighted by atomic mass is 9.69. The molecule has 2 fully saturated rings. The van der Waals surface area contributed by atoms with E-state index in [9.17, 15) is 0 Å². The van der Waals surface area contributed by atoms with Gasteiger partial charge in [-0.2, -0.15) is 0 Å². The minimum atomic E-state index is 0.495. The molecule has 1 unspecified atom stereocenters. The third-order valence-electron chi connectivity index (χ3n) is 4.93. The Morgan fingerprint density at radius 1 is 1.28 bits per heavy atom. The van der Waals surface area contributed by atoms with Crippen LogP contribution in [0.3, 0.4) is 0 Å². The molecule has 18 heavy (non-hydrogen) atoms. The van der Waals surface area contributed by atoms with Crippen LogP contribution in [-0.4, -0.2) is 50.5 Å². The van der Waals surface area contributed by atoms with Crippen molar-refractivity contribution in [2.24, 2.45) is 11.3 Å². The molecule has 0 aromatic rings. The lowest BCUT2D eigenvalue weighted by molar-refractivity contribution is -0.0365. The van der Waals surface area contributed by atoms with Crippen LogP contribution in [-0.2, 0) is 9.47 Å². The minimum absolute atomic E-state index is 0.495. The van der Waals surface area contributed by atoms with E-state index in [2.05, 4.69) is 25.7 Å². The van der Waals surface area contributed by atoms with Crippen LogP contribution >= 0.6 is 0 Å². The van der Waals surface area contributed by atoms with E-state index in [4.69, 9.17) is 9.47 Å². The molecule has 0 aromatic heterocycles. The molecule has 2 atom stereocenters. The molecular formula is C15H29NO2. The average molecular weight is 255 g/mol. The lowest BCUT2D eigenvalue weighted by Crippen LogP contribution is -2.39. The molecule has 3 heteroatoms. The fourth-order valence-corrected chi connectivity index (χ4v) is 2.94. The Labute approximate surface area is 112 Å². The number of rotatable bonds is 4. The molecule has 2 rings (SSSR count). The highest BCUT2D eigenvalue weighted by molar-refractivity contribution is 4.84. The van der Waals surface area contributed by atoms with Gasteiger partial charge >= 0.3 is 0 Å². The average Bonchev–Trinajstić information content (AvgIpc) is 2.35. The standard InChI is InChI=1S/C15H29NO2/c1-13-12-14(4-5-15(13,2)3)18-11-8-16-6-9-17-10-7-16/h13-14H,4-12H2,1-3H3/t13-,14?/m0/s1. The Morgan fingerprint density at radius 3 is 2.67 bits per heavy atom. The summed E-state index contributed by atoms with van der Waals surface area (Å²) in [7, 11) is 0. The van der Waals surface area contributed by atoms with Crippen molar-refractivity contribution in [2.45, 2.75) is 46.1 Å². The minimum Gasteiger partial charge on any atom is -0.379 e. The predicted octanol–water partition coefficient (Wildman–Crippen LogP) is 2.55. The lowest BCUT2D eigenvalue weighted by Gasteiger charge is -2.40. The molecule has 0 N–H and O–H groups in total. The van der Waals surface area contributed by atoms with Gasteiger partial charge in [0.2, 0.25) is 0 Å². The van der Waals surface area contributed by atoms with Crippen LogP contribution in [0.15, 0.2) is 0 Å². The largest absolute Gasteiger partial charge is 0.379 e. The van der Waals surface area contributed by atoms with Crippen LogP contribution in [0.1, 0.15) is 40.0 Å². The van der Waals surface area contributed by atoms with E-state index in [-0.39, 0.29) is 0 Å². The summed E-state index contributed by atoms with van der Waals surface area (Å²) < 4.78 is 11.4. The molecule has 1 saturated carbocycles. The van der Waals surface area contributed by atoms with E-state index in [0.717, 1.165) is 45.4 Å². The highest BCUT2D eigenvalue weighted by Gasteiger charge is 2.33. The third kappa shape index (κ3) is 3.94. The maximum absolute atomic E-state index is 6.07.